The highest BCUT2D eigenvalue weighted by Crippen LogP contribution is 2.10. The quantitative estimate of drug-likeness (QED) is 0.420. The van der Waals surface area contributed by atoms with Crippen LogP contribution in [0.5, 0.6) is 0 Å². The van der Waals surface area contributed by atoms with Crippen molar-refractivity contribution in [3.63, 3.8) is 0 Å². The zero-order chi connectivity index (χ0) is 15.0. The van der Waals surface area contributed by atoms with E-state index < -0.39 is 0 Å². The number of nitrogens with zero attached hydrogens (tertiary/aromatic N) is 1. The predicted octanol–water partition coefficient (Wildman–Crippen LogP) is 1.88. The maximum absolute atomic E-state index is 11.8. The Bertz CT molecular complexity index is 459. The van der Waals surface area contributed by atoms with Gasteiger partial charge in [-0.1, -0.05) is 22.9 Å². The van der Waals surface area contributed by atoms with E-state index in [1.165, 1.54) is 0 Å². The summed E-state index contributed by atoms with van der Waals surface area (Å²) in [5.74, 6) is 0.304. The van der Waals surface area contributed by atoms with Crippen LogP contribution in [0.25, 0.3) is 0 Å². The average Bonchev–Trinajstić information content (AvgIpc) is 2.44. The predicted molar refractivity (Wildman–Crippen MR) is 85.9 cm³/mol. The summed E-state index contributed by atoms with van der Waals surface area (Å²) in [6.45, 7) is 5.02. The van der Waals surface area contributed by atoms with Crippen LogP contribution >= 0.6 is 15.9 Å². The summed E-state index contributed by atoms with van der Waals surface area (Å²) in [6.07, 6.45) is 0.983. The summed E-state index contributed by atoms with van der Waals surface area (Å²) in [5, 5.41) is 5.86. The Hall–Kier alpha value is -1.56. The van der Waals surface area contributed by atoms with Crippen LogP contribution in [0.2, 0.25) is 0 Å². The first kappa shape index (κ1) is 16.5. The molecule has 0 saturated heterocycles. The van der Waals surface area contributed by atoms with Crippen molar-refractivity contribution in [3.05, 3.63) is 34.3 Å². The summed E-state index contributed by atoms with van der Waals surface area (Å²) < 4.78 is 0.947. The van der Waals surface area contributed by atoms with Gasteiger partial charge in [-0.2, -0.15) is 0 Å². The Balaban J connectivity index is 2.32. The van der Waals surface area contributed by atoms with Gasteiger partial charge in [0, 0.05) is 22.6 Å². The van der Waals surface area contributed by atoms with Crippen LogP contribution in [-0.4, -0.2) is 31.0 Å². The summed E-state index contributed by atoms with van der Waals surface area (Å²) in [7, 11) is 0. The molecule has 0 aliphatic carbocycles. The van der Waals surface area contributed by atoms with Gasteiger partial charge in [-0.05, 0) is 37.6 Å². The maximum atomic E-state index is 11.8. The number of halogens is 1. The largest absolute Gasteiger partial charge is 0.370 e. The molecule has 0 spiro atoms. The molecule has 0 bridgehead atoms. The molecule has 4 N–H and O–H groups in total. The van der Waals surface area contributed by atoms with E-state index in [9.17, 15) is 4.79 Å². The molecule has 0 saturated carbocycles. The number of guanidine groups is 1. The zero-order valence-corrected chi connectivity index (χ0v) is 13.4. The van der Waals surface area contributed by atoms with E-state index in [-0.39, 0.29) is 5.91 Å². The van der Waals surface area contributed by atoms with E-state index >= 15 is 0 Å². The van der Waals surface area contributed by atoms with E-state index in [0.717, 1.165) is 10.9 Å². The Morgan fingerprint density at radius 2 is 2.05 bits per heavy atom. The summed E-state index contributed by atoms with van der Waals surface area (Å²) in [4.78, 5) is 16.0. The smallest absolute Gasteiger partial charge is 0.251 e. The molecule has 1 amide bonds. The number of amides is 1. The molecule has 6 heteroatoms. The molecule has 0 heterocycles. The Kier molecular flexibility index (Phi) is 7.08. The number of rotatable bonds is 6. The van der Waals surface area contributed by atoms with Crippen LogP contribution in [0.4, 0.5) is 0 Å². The monoisotopic (exact) mass is 340 g/mol. The third-order valence-corrected chi connectivity index (χ3v) is 3.32. The van der Waals surface area contributed by atoms with E-state index in [1.54, 1.807) is 12.1 Å². The second kappa shape index (κ2) is 8.58. The van der Waals surface area contributed by atoms with Gasteiger partial charge < -0.3 is 16.4 Å². The zero-order valence-electron chi connectivity index (χ0n) is 11.8. The van der Waals surface area contributed by atoms with Gasteiger partial charge in [0.25, 0.3) is 5.91 Å². The highest BCUT2D eigenvalue weighted by Gasteiger charge is 2.04. The number of hydrogen-bond donors (Lipinski definition) is 3. The molecule has 0 aromatic heterocycles. The van der Waals surface area contributed by atoms with Crippen LogP contribution in [0.3, 0.4) is 0 Å². The molecule has 0 fully saturated rings. The minimum Gasteiger partial charge on any atom is -0.370 e. The van der Waals surface area contributed by atoms with Gasteiger partial charge in [0.2, 0.25) is 0 Å². The van der Waals surface area contributed by atoms with Gasteiger partial charge in [-0.25, -0.2) is 0 Å². The Morgan fingerprint density at radius 1 is 1.40 bits per heavy atom. The molecular weight excluding hydrogens is 320 g/mol. The third-order valence-electron chi connectivity index (χ3n) is 2.79. The average molecular weight is 341 g/mol. The maximum Gasteiger partial charge on any atom is 0.251 e. The van der Waals surface area contributed by atoms with Crippen LogP contribution in [0.15, 0.2) is 33.7 Å². The molecule has 1 aromatic carbocycles. The highest BCUT2D eigenvalue weighted by molar-refractivity contribution is 9.10. The van der Waals surface area contributed by atoms with E-state index in [0.29, 0.717) is 30.7 Å². The number of hydrogen-bond acceptors (Lipinski definition) is 2. The number of carbonyl (C=O) groups is 1. The second-order valence-corrected chi connectivity index (χ2v) is 5.40. The van der Waals surface area contributed by atoms with Crippen molar-refractivity contribution in [2.45, 2.75) is 26.3 Å². The first-order valence-electron chi connectivity index (χ1n) is 6.63. The van der Waals surface area contributed by atoms with Gasteiger partial charge in [0.15, 0.2) is 5.96 Å². The van der Waals surface area contributed by atoms with Gasteiger partial charge in [0.05, 0.1) is 6.54 Å². The number of nitrogens with one attached hydrogen (secondary N) is 2. The van der Waals surface area contributed by atoms with Gasteiger partial charge >= 0.3 is 0 Å². The summed E-state index contributed by atoms with van der Waals surface area (Å²) in [6, 6.07) is 7.50. The number of carbonyl (C=O) groups excluding carboxylic acids is 1. The summed E-state index contributed by atoms with van der Waals surface area (Å²) >= 11 is 3.33. The topological polar surface area (TPSA) is 79.5 Å². The van der Waals surface area contributed by atoms with Gasteiger partial charge in [-0.3, -0.25) is 9.79 Å². The second-order valence-electron chi connectivity index (χ2n) is 4.48. The SMILES string of the molecule is CC[C@@H](C)NC(N)=NCCNC(=O)c1ccc(Br)cc1. The molecule has 20 heavy (non-hydrogen) atoms. The molecule has 1 atom stereocenters. The fourth-order valence-electron chi connectivity index (χ4n) is 1.45. The first-order chi connectivity index (χ1) is 9.52. The molecule has 0 aliphatic rings. The van der Waals surface area contributed by atoms with Crippen molar-refractivity contribution in [1.29, 1.82) is 0 Å². The lowest BCUT2D eigenvalue weighted by atomic mass is 10.2. The molecular formula is C14H21BrN4O. The third kappa shape index (κ3) is 6.06. The Morgan fingerprint density at radius 3 is 2.65 bits per heavy atom. The highest BCUT2D eigenvalue weighted by atomic mass is 79.9. The van der Waals surface area contributed by atoms with Crippen LogP contribution < -0.4 is 16.4 Å². The number of aliphatic imine (C=N–C) groups is 1. The lowest BCUT2D eigenvalue weighted by molar-refractivity contribution is 0.0955. The molecule has 5 nitrogen and oxygen atoms in total. The number of nitrogens with two attached hydrogens (primary N) is 1. The molecule has 0 unspecified atom stereocenters. The lowest BCUT2D eigenvalue weighted by Gasteiger charge is -2.11. The van der Waals surface area contributed by atoms with Gasteiger partial charge in [-0.15, -0.1) is 0 Å². The standard InChI is InChI=1S/C14H21BrN4O/c1-3-10(2)19-14(16)18-9-8-17-13(20)11-4-6-12(15)7-5-11/h4-7,10H,3,8-9H2,1-2H3,(H,17,20)(H3,16,18,19)/t10-/m1/s1. The van der Waals surface area contributed by atoms with Crippen molar-refractivity contribution in [2.75, 3.05) is 13.1 Å². The Labute approximate surface area is 128 Å². The van der Waals surface area contributed by atoms with Crippen molar-refractivity contribution in [2.24, 2.45) is 10.7 Å². The fourth-order valence-corrected chi connectivity index (χ4v) is 1.71. The van der Waals surface area contributed by atoms with Crippen LogP contribution in [0, 0.1) is 0 Å². The van der Waals surface area contributed by atoms with Gasteiger partial charge in [0.1, 0.15) is 0 Å². The summed E-state index contributed by atoms with van der Waals surface area (Å²) in [5.41, 5.74) is 6.34. The van der Waals surface area contributed by atoms with Crippen LogP contribution in [-0.2, 0) is 0 Å². The van der Waals surface area contributed by atoms with E-state index in [4.69, 9.17) is 5.73 Å². The van der Waals surface area contributed by atoms with Crippen molar-refractivity contribution in [3.8, 4) is 0 Å². The van der Waals surface area contributed by atoms with E-state index in [2.05, 4.69) is 38.5 Å². The normalized spacial score (nSPS) is 12.8. The van der Waals surface area contributed by atoms with Crippen LogP contribution in [0.1, 0.15) is 30.6 Å². The minimum atomic E-state index is -0.110. The molecule has 110 valence electrons. The molecule has 1 rings (SSSR count). The minimum absolute atomic E-state index is 0.110. The molecule has 0 aliphatic heterocycles. The van der Waals surface area contributed by atoms with E-state index in [1.807, 2.05) is 19.1 Å². The van der Waals surface area contributed by atoms with Crippen molar-refractivity contribution < 1.29 is 4.79 Å². The first-order valence-corrected chi connectivity index (χ1v) is 7.42. The van der Waals surface area contributed by atoms with Crippen molar-refractivity contribution in [1.82, 2.24) is 10.6 Å². The fraction of sp³-hybridized carbons (Fsp3) is 0.429. The number of benzene rings is 1. The lowest BCUT2D eigenvalue weighted by Crippen LogP contribution is -2.38. The molecule has 1 aromatic rings. The van der Waals surface area contributed by atoms with Crippen molar-refractivity contribution >= 4 is 27.8 Å². The molecule has 0 radical (unpaired) electrons.